The second-order valence-corrected chi connectivity index (χ2v) is 6.95. The normalized spacial score (nSPS) is 21.8. The molecule has 6 nitrogen and oxygen atoms in total. The Bertz CT molecular complexity index is 661. The van der Waals surface area contributed by atoms with Crippen LogP contribution in [0.15, 0.2) is 4.79 Å². The van der Waals surface area contributed by atoms with Gasteiger partial charge in [0.15, 0.2) is 0 Å². The first kappa shape index (κ1) is 18.0. The van der Waals surface area contributed by atoms with Crippen LogP contribution in [-0.4, -0.2) is 41.4 Å². The molecule has 3 N–H and O–H groups in total. The van der Waals surface area contributed by atoms with Crippen molar-refractivity contribution in [1.29, 1.82) is 5.41 Å². The molecule has 0 unspecified atom stereocenters. The number of anilines is 1. The lowest BCUT2D eigenvalue weighted by Gasteiger charge is -2.28. The molecule has 1 saturated carbocycles. The average Bonchev–Trinajstić information content (AvgIpc) is 2.58. The zero-order valence-electron chi connectivity index (χ0n) is 14.1. The van der Waals surface area contributed by atoms with Crippen molar-refractivity contribution in [3.63, 3.8) is 0 Å². The molecule has 3 rings (SSSR count). The molecule has 0 aromatic carbocycles. The summed E-state index contributed by atoms with van der Waals surface area (Å²) < 4.78 is 31.9. The van der Waals surface area contributed by atoms with Crippen molar-refractivity contribution in [3.8, 4) is 0 Å². The van der Waals surface area contributed by atoms with Crippen molar-refractivity contribution in [2.45, 2.75) is 56.9 Å². The van der Waals surface area contributed by atoms with E-state index in [9.17, 15) is 13.6 Å². The minimum atomic E-state index is -2.56. The summed E-state index contributed by atoms with van der Waals surface area (Å²) in [5, 5.41) is 10.7. The van der Waals surface area contributed by atoms with Crippen LogP contribution in [0.2, 0.25) is 0 Å². The van der Waals surface area contributed by atoms with Gasteiger partial charge >= 0.3 is 0 Å². The summed E-state index contributed by atoms with van der Waals surface area (Å²) >= 11 is 0. The highest BCUT2D eigenvalue weighted by Gasteiger charge is 2.35. The van der Waals surface area contributed by atoms with Gasteiger partial charge in [-0.2, -0.15) is 0 Å². The van der Waals surface area contributed by atoms with E-state index in [2.05, 4.69) is 15.3 Å². The van der Waals surface area contributed by atoms with E-state index in [0.29, 0.717) is 44.1 Å². The average molecular weight is 354 g/mol. The van der Waals surface area contributed by atoms with Crippen molar-refractivity contribution in [2.24, 2.45) is 5.92 Å². The van der Waals surface area contributed by atoms with Crippen molar-refractivity contribution in [1.82, 2.24) is 9.97 Å². The van der Waals surface area contributed by atoms with E-state index >= 15 is 0 Å². The number of hydrogen-bond acceptors (Lipinski definition) is 5. The highest BCUT2D eigenvalue weighted by Crippen LogP contribution is 2.37. The second-order valence-electron chi connectivity index (χ2n) is 6.95. The zero-order valence-corrected chi connectivity index (χ0v) is 14.1. The molecule has 2 aliphatic rings. The van der Waals surface area contributed by atoms with Gasteiger partial charge in [-0.15, -0.1) is 0 Å². The molecule has 0 bridgehead atoms. The number of nitrogens with one attached hydrogen (secondary N) is 3. The number of halogens is 2. The maximum absolute atomic E-state index is 13.3. The molecule has 2 heterocycles. The number of aromatic amines is 1. The Hall–Kier alpha value is -1.83. The SMILES string of the molecule is N=Cc1c(NC2CCOCC2)nc(CC2CCC(F)(F)CC2)[nH]c1=O. The maximum atomic E-state index is 13.3. The van der Waals surface area contributed by atoms with E-state index in [1.807, 2.05) is 0 Å². The fourth-order valence-corrected chi connectivity index (χ4v) is 3.48. The number of rotatable bonds is 5. The van der Waals surface area contributed by atoms with E-state index < -0.39 is 5.92 Å². The number of nitrogens with zero attached hydrogens (tertiary/aromatic N) is 1. The molecule has 1 aliphatic carbocycles. The van der Waals surface area contributed by atoms with Gasteiger partial charge in [0.05, 0.1) is 5.56 Å². The summed E-state index contributed by atoms with van der Waals surface area (Å²) in [6, 6.07) is 0.156. The predicted molar refractivity (Wildman–Crippen MR) is 90.8 cm³/mol. The van der Waals surface area contributed by atoms with E-state index in [0.717, 1.165) is 19.1 Å². The molecule has 1 aliphatic heterocycles. The van der Waals surface area contributed by atoms with Crippen LogP contribution in [0.3, 0.4) is 0 Å². The predicted octanol–water partition coefficient (Wildman–Crippen LogP) is 2.73. The first-order valence-electron chi connectivity index (χ1n) is 8.82. The van der Waals surface area contributed by atoms with Crippen LogP contribution >= 0.6 is 0 Å². The standard InChI is InChI=1S/C17H24F2N4O2/c18-17(19)5-1-11(2-6-17)9-14-22-15(13(10-20)16(24)23-14)21-12-3-7-25-8-4-12/h10-12,20H,1-9H2,(H2,21,22,23,24). The summed E-state index contributed by atoms with van der Waals surface area (Å²) in [4.78, 5) is 19.4. The molecule has 0 amide bonds. The van der Waals surface area contributed by atoms with Gasteiger partial charge < -0.3 is 20.4 Å². The number of aromatic nitrogens is 2. The molecule has 25 heavy (non-hydrogen) atoms. The van der Waals surface area contributed by atoms with Gasteiger partial charge in [-0.3, -0.25) is 4.79 Å². The van der Waals surface area contributed by atoms with Gasteiger partial charge in [0.25, 0.3) is 5.56 Å². The van der Waals surface area contributed by atoms with E-state index in [1.165, 1.54) is 0 Å². The molecule has 0 radical (unpaired) electrons. The molecule has 1 aromatic heterocycles. The first-order valence-corrected chi connectivity index (χ1v) is 8.82. The summed E-state index contributed by atoms with van der Waals surface area (Å²) in [5.74, 6) is -1.55. The Morgan fingerprint density at radius 1 is 1.28 bits per heavy atom. The van der Waals surface area contributed by atoms with E-state index in [-0.39, 0.29) is 35.9 Å². The third-order valence-electron chi connectivity index (χ3n) is 5.03. The summed E-state index contributed by atoms with van der Waals surface area (Å²) in [7, 11) is 0. The minimum absolute atomic E-state index is 0.101. The summed E-state index contributed by atoms with van der Waals surface area (Å²) in [6.07, 6.45) is 3.78. The van der Waals surface area contributed by atoms with E-state index in [1.54, 1.807) is 0 Å². The lowest BCUT2D eigenvalue weighted by atomic mass is 9.84. The van der Waals surface area contributed by atoms with Crippen LogP contribution in [0.5, 0.6) is 0 Å². The van der Waals surface area contributed by atoms with Crippen molar-refractivity contribution >= 4 is 12.0 Å². The van der Waals surface area contributed by atoms with Crippen molar-refractivity contribution in [2.75, 3.05) is 18.5 Å². The fourth-order valence-electron chi connectivity index (χ4n) is 3.48. The smallest absolute Gasteiger partial charge is 0.261 e. The van der Waals surface area contributed by atoms with Gasteiger partial charge in [0.2, 0.25) is 5.92 Å². The fraction of sp³-hybridized carbons (Fsp3) is 0.706. The van der Waals surface area contributed by atoms with Gasteiger partial charge in [-0.05, 0) is 31.6 Å². The Kier molecular flexibility index (Phi) is 5.46. The topological polar surface area (TPSA) is 90.9 Å². The lowest BCUT2D eigenvalue weighted by molar-refractivity contribution is -0.0458. The van der Waals surface area contributed by atoms with Crippen LogP contribution in [0.25, 0.3) is 0 Å². The highest BCUT2D eigenvalue weighted by molar-refractivity contribution is 5.83. The Balaban J connectivity index is 1.74. The maximum Gasteiger partial charge on any atom is 0.261 e. The van der Waals surface area contributed by atoms with Gasteiger partial charge in [-0.25, -0.2) is 13.8 Å². The Morgan fingerprint density at radius 3 is 2.60 bits per heavy atom. The Morgan fingerprint density at radius 2 is 1.96 bits per heavy atom. The molecule has 0 spiro atoms. The summed E-state index contributed by atoms with van der Waals surface area (Å²) in [6.45, 7) is 1.31. The molecule has 2 fully saturated rings. The molecule has 138 valence electrons. The van der Waals surface area contributed by atoms with Crippen LogP contribution < -0.4 is 10.9 Å². The quantitative estimate of drug-likeness (QED) is 0.709. The monoisotopic (exact) mass is 354 g/mol. The zero-order chi connectivity index (χ0) is 17.9. The highest BCUT2D eigenvalue weighted by atomic mass is 19.3. The van der Waals surface area contributed by atoms with Crippen molar-refractivity contribution < 1.29 is 13.5 Å². The van der Waals surface area contributed by atoms with Crippen LogP contribution in [0.1, 0.15) is 49.9 Å². The van der Waals surface area contributed by atoms with E-state index in [4.69, 9.17) is 10.1 Å². The number of ether oxygens (including phenoxy) is 1. The number of H-pyrrole nitrogens is 1. The van der Waals surface area contributed by atoms with Crippen LogP contribution in [-0.2, 0) is 11.2 Å². The van der Waals surface area contributed by atoms with Crippen molar-refractivity contribution in [3.05, 3.63) is 21.7 Å². The lowest BCUT2D eigenvalue weighted by Crippen LogP contribution is -2.31. The third kappa shape index (κ3) is 4.62. The molecule has 1 saturated heterocycles. The largest absolute Gasteiger partial charge is 0.381 e. The van der Waals surface area contributed by atoms with Crippen LogP contribution in [0.4, 0.5) is 14.6 Å². The van der Waals surface area contributed by atoms with Crippen LogP contribution in [0, 0.1) is 11.3 Å². The van der Waals surface area contributed by atoms with Gasteiger partial charge in [0.1, 0.15) is 11.6 Å². The second kappa shape index (κ2) is 7.59. The third-order valence-corrected chi connectivity index (χ3v) is 5.03. The van der Waals surface area contributed by atoms with Gasteiger partial charge in [0, 0.05) is 44.7 Å². The minimum Gasteiger partial charge on any atom is -0.381 e. The molecule has 8 heteroatoms. The summed E-state index contributed by atoms with van der Waals surface area (Å²) in [5.41, 5.74) is -0.166. The number of hydrogen-bond donors (Lipinski definition) is 3. The molecule has 1 aromatic rings. The Labute approximate surface area is 144 Å². The molecule has 0 atom stereocenters. The number of alkyl halides is 2. The molecular formula is C17H24F2N4O2. The first-order chi connectivity index (χ1) is 12.0. The van der Waals surface area contributed by atoms with Gasteiger partial charge in [-0.1, -0.05) is 0 Å². The molecular weight excluding hydrogens is 330 g/mol.